The fraction of sp³-hybridized carbons (Fsp3) is 0.111. The van der Waals surface area contributed by atoms with Gasteiger partial charge in [-0.3, -0.25) is 4.98 Å². The lowest BCUT2D eigenvalue weighted by Gasteiger charge is -2.02. The van der Waals surface area contributed by atoms with Crippen LogP contribution in [0.2, 0.25) is 0 Å². The molecule has 4 heteroatoms. The first-order valence-corrected chi connectivity index (χ1v) is 4.05. The zero-order valence-corrected chi connectivity index (χ0v) is 7.81. The smallest absolute Gasteiger partial charge is 0.105 e. The lowest BCUT2D eigenvalue weighted by atomic mass is 10.4. The first kappa shape index (κ1) is 3.20. The van der Waals surface area contributed by atoms with Gasteiger partial charge >= 0.3 is 0 Å². The van der Waals surface area contributed by atoms with Gasteiger partial charge in [0.2, 0.25) is 0 Å². The van der Waals surface area contributed by atoms with E-state index in [1.54, 1.807) is 0 Å². The Morgan fingerprint density at radius 3 is 3.38 bits per heavy atom. The van der Waals surface area contributed by atoms with Gasteiger partial charge in [0.1, 0.15) is 1.37 Å². The largest absolute Gasteiger partial charge is 0.305 e. The van der Waals surface area contributed by atoms with E-state index < -0.39 is 37.2 Å². The highest BCUT2D eigenvalue weighted by Gasteiger charge is 2.01. The number of hydrogen-bond acceptors (Lipinski definition) is 2. The van der Waals surface area contributed by atoms with E-state index in [2.05, 4.69) is 25.9 Å². The molecule has 0 amide bonds. The van der Waals surface area contributed by atoms with Crippen LogP contribution in [0.4, 0.5) is 0 Å². The second-order valence-corrected chi connectivity index (χ2v) is 2.92. The predicted octanol–water partition coefficient (Wildman–Crippen LogP) is 2.34. The number of pyridine rings is 1. The second-order valence-electron chi connectivity index (χ2n) is 2.13. The summed E-state index contributed by atoms with van der Waals surface area (Å²) in [5.74, 6) is 0. The molecule has 0 aromatic carbocycles. The van der Waals surface area contributed by atoms with Gasteiger partial charge in [0.25, 0.3) is 0 Å². The van der Waals surface area contributed by atoms with Crippen LogP contribution in [0.15, 0.2) is 35.3 Å². The fourth-order valence-corrected chi connectivity index (χ4v) is 1.15. The highest BCUT2D eigenvalue weighted by Crippen LogP contribution is 2.18. The van der Waals surface area contributed by atoms with Crippen LogP contribution in [0.1, 0.15) is 16.7 Å². The highest BCUT2D eigenvalue weighted by atomic mass is 79.9. The first-order valence-electron chi connectivity index (χ1n) is 7.25. The van der Waals surface area contributed by atoms with Crippen LogP contribution in [-0.2, 0) is 0 Å². The summed E-state index contributed by atoms with van der Waals surface area (Å²) in [6, 6.07) is -0.436. The number of halogens is 1. The van der Waals surface area contributed by atoms with E-state index in [0.29, 0.717) is 0 Å². The molecule has 0 saturated heterocycles. The van der Waals surface area contributed by atoms with E-state index in [9.17, 15) is 0 Å². The molecule has 0 aliphatic heterocycles. The van der Waals surface area contributed by atoms with Gasteiger partial charge in [0.05, 0.1) is 27.6 Å². The maximum absolute atomic E-state index is 7.87. The molecular weight excluding hydrogens is 230 g/mol. The van der Waals surface area contributed by atoms with Crippen molar-refractivity contribution in [1.29, 1.82) is 0 Å². The molecule has 66 valence electrons. The van der Waals surface area contributed by atoms with Gasteiger partial charge in [0, 0.05) is 22.6 Å². The SMILES string of the molecule is [2H]c1nc([2H])c(Br)c(-n2c([2H])nc(C([2H])([2H])[2H])c2[2H])c1[2H]. The van der Waals surface area contributed by atoms with E-state index in [4.69, 9.17) is 11.0 Å². The number of aryl methyl sites for hydroxylation is 1. The Labute approximate surface area is 95.8 Å². The number of nitrogens with zero attached hydrogens (tertiary/aromatic N) is 3. The van der Waals surface area contributed by atoms with E-state index >= 15 is 0 Å². The monoisotopic (exact) mass is 245 g/mol. The molecule has 0 N–H and O–H groups in total. The van der Waals surface area contributed by atoms with Crippen LogP contribution >= 0.6 is 15.9 Å². The molecule has 2 aromatic rings. The van der Waals surface area contributed by atoms with Crippen molar-refractivity contribution < 1.29 is 11.0 Å². The minimum atomic E-state index is -2.67. The molecule has 0 aliphatic carbocycles. The minimum absolute atomic E-state index is 0.0139. The lowest BCUT2D eigenvalue weighted by Crippen LogP contribution is -1.91. The van der Waals surface area contributed by atoms with Crippen molar-refractivity contribution in [2.45, 2.75) is 6.85 Å². The van der Waals surface area contributed by atoms with Crippen molar-refractivity contribution in [2.75, 3.05) is 0 Å². The molecule has 0 bridgehead atoms. The van der Waals surface area contributed by atoms with Crippen LogP contribution in [0.3, 0.4) is 0 Å². The van der Waals surface area contributed by atoms with E-state index in [1.807, 2.05) is 0 Å². The zero-order valence-electron chi connectivity index (χ0n) is 14.2. The maximum atomic E-state index is 7.87. The average molecular weight is 246 g/mol. The summed E-state index contributed by atoms with van der Waals surface area (Å²) in [6.45, 7) is -2.67. The molecule has 0 aliphatic rings. The normalized spacial score (nSPS) is 20.1. The highest BCUT2D eigenvalue weighted by molar-refractivity contribution is 9.10. The van der Waals surface area contributed by atoms with Crippen molar-refractivity contribution in [2.24, 2.45) is 0 Å². The van der Waals surface area contributed by atoms with Crippen molar-refractivity contribution in [3.8, 4) is 5.69 Å². The van der Waals surface area contributed by atoms with Gasteiger partial charge in [0.15, 0.2) is 0 Å². The maximum Gasteiger partial charge on any atom is 0.105 e. The van der Waals surface area contributed by atoms with Crippen LogP contribution in [0.5, 0.6) is 0 Å². The van der Waals surface area contributed by atoms with Gasteiger partial charge < -0.3 is 4.57 Å². The molecular formula is C9H8BrN3. The van der Waals surface area contributed by atoms with Crippen LogP contribution in [0, 0.1) is 6.85 Å². The van der Waals surface area contributed by atoms with Gasteiger partial charge in [-0.1, -0.05) is 0 Å². The van der Waals surface area contributed by atoms with Crippen molar-refractivity contribution in [3.63, 3.8) is 0 Å². The topological polar surface area (TPSA) is 30.7 Å². The summed E-state index contributed by atoms with van der Waals surface area (Å²) in [7, 11) is 0. The zero-order chi connectivity index (χ0) is 16.1. The Bertz CT molecular complexity index is 697. The quantitative estimate of drug-likeness (QED) is 0.773. The van der Waals surface area contributed by atoms with Crippen molar-refractivity contribution >= 4 is 15.9 Å². The molecule has 3 nitrogen and oxygen atoms in total. The molecule has 0 unspecified atom stereocenters. The third-order valence-electron chi connectivity index (χ3n) is 1.30. The molecule has 0 fully saturated rings. The Kier molecular flexibility index (Phi) is 0.813. The van der Waals surface area contributed by atoms with Crippen molar-refractivity contribution in [3.05, 3.63) is 41.0 Å². The Balaban J connectivity index is 2.84. The predicted molar refractivity (Wildman–Crippen MR) is 53.8 cm³/mol. The van der Waals surface area contributed by atoms with Crippen LogP contribution in [-0.4, -0.2) is 14.5 Å². The third-order valence-corrected chi connectivity index (χ3v) is 1.85. The van der Waals surface area contributed by atoms with Crippen LogP contribution in [0.25, 0.3) is 5.69 Å². The molecule has 2 aromatic heterocycles. The summed E-state index contributed by atoms with van der Waals surface area (Å²) in [4.78, 5) is 7.04. The number of rotatable bonds is 1. The summed E-state index contributed by atoms with van der Waals surface area (Å²) in [5.41, 5.74) is -0.744. The van der Waals surface area contributed by atoms with E-state index in [1.165, 1.54) is 0 Å². The summed E-state index contributed by atoms with van der Waals surface area (Å²) in [5, 5.41) is 0. The second kappa shape index (κ2) is 3.30. The van der Waals surface area contributed by atoms with Crippen molar-refractivity contribution in [1.82, 2.24) is 14.5 Å². The summed E-state index contributed by atoms with van der Waals surface area (Å²) in [6.07, 6.45) is -2.01. The minimum Gasteiger partial charge on any atom is -0.305 e. The van der Waals surface area contributed by atoms with Gasteiger partial charge in [-0.25, -0.2) is 4.98 Å². The molecule has 0 radical (unpaired) electrons. The molecule has 13 heavy (non-hydrogen) atoms. The standard InChI is InChI=1S/C9H8BrN3/c1-7-5-13(6-12-7)9-2-3-11-4-8(9)10/h2-6H,1H3/i1D3,2D,3D,4D,5D,6D. The molecule has 2 rings (SSSR count). The molecule has 2 heterocycles. The fourth-order valence-electron chi connectivity index (χ4n) is 0.782. The van der Waals surface area contributed by atoms with E-state index in [-0.39, 0.29) is 16.3 Å². The van der Waals surface area contributed by atoms with Crippen LogP contribution < -0.4 is 0 Å². The Morgan fingerprint density at radius 2 is 2.62 bits per heavy atom. The Morgan fingerprint density at radius 1 is 1.69 bits per heavy atom. The van der Waals surface area contributed by atoms with Gasteiger partial charge in [-0.05, 0) is 28.8 Å². The Hall–Kier alpha value is -1.16. The average Bonchev–Trinajstić information content (AvgIpc) is 2.64. The number of aromatic nitrogens is 3. The first-order chi connectivity index (χ1) is 9.55. The van der Waals surface area contributed by atoms with Gasteiger partial charge in [-0.2, -0.15) is 0 Å². The number of hydrogen-bond donors (Lipinski definition) is 0. The third kappa shape index (κ3) is 1.62. The summed E-state index contributed by atoms with van der Waals surface area (Å²) < 4.78 is 61.1. The van der Waals surface area contributed by atoms with E-state index in [0.717, 1.165) is 4.57 Å². The van der Waals surface area contributed by atoms with Gasteiger partial charge in [-0.15, -0.1) is 0 Å². The molecule has 0 saturated carbocycles. The summed E-state index contributed by atoms with van der Waals surface area (Å²) >= 11 is 3.02. The molecule has 0 atom stereocenters. The number of imidazole rings is 1. The lowest BCUT2D eigenvalue weighted by molar-refractivity contribution is 1.04. The molecule has 0 spiro atoms.